The van der Waals surface area contributed by atoms with Gasteiger partial charge in [-0.25, -0.2) is 0 Å². The van der Waals surface area contributed by atoms with Crippen molar-refractivity contribution >= 4 is 5.97 Å². The molecule has 1 heterocycles. The van der Waals surface area contributed by atoms with E-state index in [0.29, 0.717) is 24.9 Å². The molecule has 2 atom stereocenters. The molecule has 0 radical (unpaired) electrons. The largest absolute Gasteiger partial charge is 0.465 e. The zero-order chi connectivity index (χ0) is 7.56. The second-order valence-electron chi connectivity index (χ2n) is 2.76. The van der Waals surface area contributed by atoms with Crippen LogP contribution in [0.3, 0.4) is 0 Å². The van der Waals surface area contributed by atoms with Crippen LogP contribution in [0.15, 0.2) is 12.7 Å². The van der Waals surface area contributed by atoms with E-state index in [-0.39, 0.29) is 5.97 Å². The van der Waals surface area contributed by atoms with Crippen molar-refractivity contribution < 1.29 is 9.53 Å². The van der Waals surface area contributed by atoms with E-state index < -0.39 is 0 Å². The summed E-state index contributed by atoms with van der Waals surface area (Å²) in [6, 6.07) is 0. The quantitative estimate of drug-likeness (QED) is 0.406. The van der Waals surface area contributed by atoms with E-state index in [0.717, 1.165) is 0 Å². The maximum Gasteiger partial charge on any atom is 0.306 e. The second kappa shape index (κ2) is 2.86. The second-order valence-corrected chi connectivity index (χ2v) is 2.76. The van der Waals surface area contributed by atoms with Gasteiger partial charge in [0.05, 0.1) is 6.61 Å². The number of esters is 1. The first-order valence-electron chi connectivity index (χ1n) is 3.52. The monoisotopic (exact) mass is 140 g/mol. The number of carbonyl (C=O) groups excluding carboxylic acids is 1. The maximum atomic E-state index is 10.7. The topological polar surface area (TPSA) is 26.3 Å². The molecule has 1 aliphatic rings. The van der Waals surface area contributed by atoms with Gasteiger partial charge in [0.1, 0.15) is 0 Å². The van der Waals surface area contributed by atoms with E-state index in [1.54, 1.807) is 0 Å². The van der Waals surface area contributed by atoms with Crippen molar-refractivity contribution in [2.45, 2.75) is 13.3 Å². The normalized spacial score (nSPS) is 33.1. The highest BCUT2D eigenvalue weighted by Gasteiger charge is 2.24. The van der Waals surface area contributed by atoms with Crippen molar-refractivity contribution in [3.63, 3.8) is 0 Å². The van der Waals surface area contributed by atoms with Crippen LogP contribution in [0.1, 0.15) is 13.3 Å². The summed E-state index contributed by atoms with van der Waals surface area (Å²) >= 11 is 0. The van der Waals surface area contributed by atoms with Crippen LogP contribution in [0.25, 0.3) is 0 Å². The lowest BCUT2D eigenvalue weighted by atomic mass is 9.90. The summed E-state index contributed by atoms with van der Waals surface area (Å²) in [5.74, 6) is 0.682. The zero-order valence-corrected chi connectivity index (χ0v) is 6.17. The van der Waals surface area contributed by atoms with E-state index in [1.807, 2.05) is 13.0 Å². The van der Waals surface area contributed by atoms with Crippen LogP contribution in [0.5, 0.6) is 0 Å². The molecule has 1 fully saturated rings. The lowest BCUT2D eigenvalue weighted by Crippen LogP contribution is -2.27. The van der Waals surface area contributed by atoms with Gasteiger partial charge in [0.15, 0.2) is 0 Å². The Balaban J connectivity index is 2.50. The molecule has 1 rings (SSSR count). The van der Waals surface area contributed by atoms with Gasteiger partial charge in [0.25, 0.3) is 0 Å². The first-order chi connectivity index (χ1) is 4.74. The number of hydrogen-bond acceptors (Lipinski definition) is 2. The molecular formula is C8H12O2. The molecule has 2 unspecified atom stereocenters. The Morgan fingerprint density at radius 1 is 1.80 bits per heavy atom. The molecule has 56 valence electrons. The van der Waals surface area contributed by atoms with Crippen LogP contribution in [0.2, 0.25) is 0 Å². The highest BCUT2D eigenvalue weighted by Crippen LogP contribution is 2.22. The van der Waals surface area contributed by atoms with Gasteiger partial charge in [0, 0.05) is 12.3 Å². The van der Waals surface area contributed by atoms with Gasteiger partial charge in [0.2, 0.25) is 0 Å². The Labute approximate surface area is 60.9 Å². The lowest BCUT2D eigenvalue weighted by Gasteiger charge is -2.24. The van der Waals surface area contributed by atoms with Crippen LogP contribution in [-0.2, 0) is 9.53 Å². The van der Waals surface area contributed by atoms with Gasteiger partial charge in [-0.2, -0.15) is 0 Å². The highest BCUT2D eigenvalue weighted by molar-refractivity contribution is 5.70. The van der Waals surface area contributed by atoms with Gasteiger partial charge >= 0.3 is 5.97 Å². The number of rotatable bonds is 1. The van der Waals surface area contributed by atoms with E-state index in [1.165, 1.54) is 0 Å². The fourth-order valence-corrected chi connectivity index (χ4v) is 1.13. The Kier molecular flexibility index (Phi) is 2.10. The summed E-state index contributed by atoms with van der Waals surface area (Å²) in [7, 11) is 0. The summed E-state index contributed by atoms with van der Waals surface area (Å²) < 4.78 is 4.84. The summed E-state index contributed by atoms with van der Waals surface area (Å²) in [6.07, 6.45) is 2.40. The van der Waals surface area contributed by atoms with Crippen LogP contribution in [0, 0.1) is 11.8 Å². The molecule has 0 spiro atoms. The highest BCUT2D eigenvalue weighted by atomic mass is 16.5. The van der Waals surface area contributed by atoms with Crippen molar-refractivity contribution in [2.24, 2.45) is 11.8 Å². The standard InChI is InChI=1S/C8H12O2/c1-3-7-5-10-8(9)4-6(7)2/h3,6-7H,1,4-5H2,2H3. The molecule has 0 amide bonds. The molecule has 10 heavy (non-hydrogen) atoms. The zero-order valence-electron chi connectivity index (χ0n) is 6.17. The fourth-order valence-electron chi connectivity index (χ4n) is 1.13. The van der Waals surface area contributed by atoms with E-state index >= 15 is 0 Å². The maximum absolute atomic E-state index is 10.7. The first-order valence-corrected chi connectivity index (χ1v) is 3.52. The smallest absolute Gasteiger partial charge is 0.306 e. The van der Waals surface area contributed by atoms with Crippen LogP contribution in [-0.4, -0.2) is 12.6 Å². The van der Waals surface area contributed by atoms with Gasteiger partial charge in [-0.05, 0) is 5.92 Å². The van der Waals surface area contributed by atoms with Gasteiger partial charge in [-0.3, -0.25) is 4.79 Å². The van der Waals surface area contributed by atoms with E-state index in [9.17, 15) is 4.79 Å². The summed E-state index contributed by atoms with van der Waals surface area (Å²) in [6.45, 7) is 6.23. The summed E-state index contributed by atoms with van der Waals surface area (Å²) in [4.78, 5) is 10.7. The molecular weight excluding hydrogens is 128 g/mol. The van der Waals surface area contributed by atoms with Crippen LogP contribution in [0.4, 0.5) is 0 Å². The van der Waals surface area contributed by atoms with Crippen molar-refractivity contribution in [1.82, 2.24) is 0 Å². The van der Waals surface area contributed by atoms with E-state index in [2.05, 4.69) is 6.58 Å². The average molecular weight is 140 g/mol. The molecule has 0 aromatic rings. The minimum Gasteiger partial charge on any atom is -0.465 e. The lowest BCUT2D eigenvalue weighted by molar-refractivity contribution is -0.151. The van der Waals surface area contributed by atoms with Gasteiger partial charge < -0.3 is 4.74 Å². The molecule has 2 nitrogen and oxygen atoms in total. The van der Waals surface area contributed by atoms with Gasteiger partial charge in [-0.15, -0.1) is 6.58 Å². The third kappa shape index (κ3) is 1.38. The van der Waals surface area contributed by atoms with Crippen molar-refractivity contribution in [3.05, 3.63) is 12.7 Å². The minimum atomic E-state index is -0.0781. The molecule has 0 aromatic heterocycles. The third-order valence-corrected chi connectivity index (χ3v) is 1.96. The van der Waals surface area contributed by atoms with Crippen molar-refractivity contribution in [2.75, 3.05) is 6.61 Å². The summed E-state index contributed by atoms with van der Waals surface area (Å²) in [5, 5.41) is 0. The predicted molar refractivity (Wildman–Crippen MR) is 38.4 cm³/mol. The molecule has 1 saturated heterocycles. The predicted octanol–water partition coefficient (Wildman–Crippen LogP) is 1.37. The Bertz CT molecular complexity index is 151. The number of cyclic esters (lactones) is 1. The Morgan fingerprint density at radius 3 is 3.00 bits per heavy atom. The molecule has 2 heteroatoms. The SMILES string of the molecule is C=CC1COC(=O)CC1C. The average Bonchev–Trinajstić information content (AvgIpc) is 1.88. The molecule has 1 aliphatic heterocycles. The van der Waals surface area contributed by atoms with Crippen LogP contribution < -0.4 is 0 Å². The molecule has 0 aromatic carbocycles. The first kappa shape index (κ1) is 7.32. The number of carbonyl (C=O) groups is 1. The molecule has 0 bridgehead atoms. The fraction of sp³-hybridized carbons (Fsp3) is 0.625. The third-order valence-electron chi connectivity index (χ3n) is 1.96. The van der Waals surface area contributed by atoms with E-state index in [4.69, 9.17) is 4.74 Å². The molecule has 0 N–H and O–H groups in total. The Morgan fingerprint density at radius 2 is 2.50 bits per heavy atom. The van der Waals surface area contributed by atoms with Gasteiger partial charge in [-0.1, -0.05) is 13.0 Å². The van der Waals surface area contributed by atoms with Crippen LogP contribution >= 0.6 is 0 Å². The van der Waals surface area contributed by atoms with Crippen molar-refractivity contribution in [3.8, 4) is 0 Å². The number of ether oxygens (including phenoxy) is 1. The molecule has 0 aliphatic carbocycles. The number of hydrogen-bond donors (Lipinski definition) is 0. The summed E-state index contributed by atoms with van der Waals surface area (Å²) in [5.41, 5.74) is 0. The van der Waals surface area contributed by atoms with Crippen molar-refractivity contribution in [1.29, 1.82) is 0 Å². The minimum absolute atomic E-state index is 0.0781. The Hall–Kier alpha value is -0.790. The molecule has 0 saturated carbocycles.